The molecule has 6 heteroatoms. The van der Waals surface area contributed by atoms with Gasteiger partial charge in [-0.05, 0) is 18.1 Å². The number of hydrogen-bond donors (Lipinski definition) is 1. The number of aryl methyl sites for hydroxylation is 2. The molecule has 6 nitrogen and oxygen atoms in total. The summed E-state index contributed by atoms with van der Waals surface area (Å²) < 4.78 is 3.42. The minimum Gasteiger partial charge on any atom is -0.318 e. The van der Waals surface area contributed by atoms with E-state index in [1.165, 1.54) is 0 Å². The van der Waals surface area contributed by atoms with Crippen molar-refractivity contribution >= 4 is 11.6 Å². The van der Waals surface area contributed by atoms with Gasteiger partial charge in [0.15, 0.2) is 0 Å². The van der Waals surface area contributed by atoms with E-state index in [0.29, 0.717) is 17.9 Å². The monoisotopic (exact) mass is 323 g/mol. The van der Waals surface area contributed by atoms with Crippen molar-refractivity contribution in [1.29, 1.82) is 0 Å². The van der Waals surface area contributed by atoms with Crippen LogP contribution >= 0.6 is 0 Å². The first-order chi connectivity index (χ1) is 11.7. The highest BCUT2D eigenvalue weighted by Crippen LogP contribution is 2.11. The van der Waals surface area contributed by atoms with Gasteiger partial charge in [-0.3, -0.25) is 14.2 Å². The van der Waals surface area contributed by atoms with Gasteiger partial charge in [0.25, 0.3) is 5.91 Å². The molecule has 0 spiro atoms. The van der Waals surface area contributed by atoms with Gasteiger partial charge in [-0.15, -0.1) is 0 Å². The summed E-state index contributed by atoms with van der Waals surface area (Å²) in [7, 11) is 1.78. The average molecular weight is 323 g/mol. The molecule has 1 N–H and O–H groups in total. The molecular formula is C18H21N5O. The predicted molar refractivity (Wildman–Crippen MR) is 92.9 cm³/mol. The van der Waals surface area contributed by atoms with Gasteiger partial charge in [-0.2, -0.15) is 10.2 Å². The van der Waals surface area contributed by atoms with E-state index in [2.05, 4.69) is 22.4 Å². The third-order valence-electron chi connectivity index (χ3n) is 3.75. The maximum Gasteiger partial charge on any atom is 0.274 e. The Morgan fingerprint density at radius 1 is 1.25 bits per heavy atom. The van der Waals surface area contributed by atoms with E-state index >= 15 is 0 Å². The van der Waals surface area contributed by atoms with E-state index in [1.807, 2.05) is 42.6 Å². The van der Waals surface area contributed by atoms with Crippen LogP contribution in [-0.4, -0.2) is 25.5 Å². The molecule has 0 aliphatic rings. The highest BCUT2D eigenvalue weighted by molar-refractivity contribution is 6.03. The number of nitrogens with one attached hydrogen (secondary N) is 1. The summed E-state index contributed by atoms with van der Waals surface area (Å²) in [4.78, 5) is 12.4. The molecule has 124 valence electrons. The van der Waals surface area contributed by atoms with Gasteiger partial charge >= 0.3 is 0 Å². The normalized spacial score (nSPS) is 10.8. The molecule has 1 aromatic carbocycles. The lowest BCUT2D eigenvalue weighted by molar-refractivity contribution is 0.101. The van der Waals surface area contributed by atoms with Crippen LogP contribution in [0.5, 0.6) is 0 Å². The van der Waals surface area contributed by atoms with E-state index in [4.69, 9.17) is 0 Å². The predicted octanol–water partition coefficient (Wildman–Crippen LogP) is 2.87. The minimum absolute atomic E-state index is 0.174. The fourth-order valence-corrected chi connectivity index (χ4v) is 2.60. The molecule has 0 saturated carbocycles. The number of hydrogen-bond acceptors (Lipinski definition) is 3. The molecule has 0 saturated heterocycles. The van der Waals surface area contributed by atoms with Crippen molar-refractivity contribution in [3.63, 3.8) is 0 Å². The zero-order chi connectivity index (χ0) is 16.9. The van der Waals surface area contributed by atoms with Gasteiger partial charge in [0, 0.05) is 13.2 Å². The first kappa shape index (κ1) is 16.0. The number of amides is 1. The molecule has 1 amide bonds. The number of aromatic nitrogens is 4. The number of nitrogens with zero attached hydrogens (tertiary/aromatic N) is 4. The lowest BCUT2D eigenvalue weighted by Crippen LogP contribution is -2.15. The van der Waals surface area contributed by atoms with Gasteiger partial charge < -0.3 is 5.32 Å². The molecule has 3 rings (SSSR count). The molecule has 0 bridgehead atoms. The van der Waals surface area contributed by atoms with Gasteiger partial charge in [0.1, 0.15) is 5.69 Å². The second kappa shape index (κ2) is 7.12. The number of anilines is 1. The summed E-state index contributed by atoms with van der Waals surface area (Å²) in [5.74, 6) is -0.174. The molecule has 2 aromatic heterocycles. The van der Waals surface area contributed by atoms with Crippen LogP contribution in [-0.2, 0) is 20.0 Å². The largest absolute Gasteiger partial charge is 0.318 e. The zero-order valence-corrected chi connectivity index (χ0v) is 13.9. The van der Waals surface area contributed by atoms with Crippen molar-refractivity contribution < 1.29 is 4.79 Å². The maximum absolute atomic E-state index is 12.4. The van der Waals surface area contributed by atoms with Crippen LogP contribution in [0.15, 0.2) is 48.8 Å². The van der Waals surface area contributed by atoms with Crippen LogP contribution in [0.2, 0.25) is 0 Å². The lowest BCUT2D eigenvalue weighted by Gasteiger charge is -2.03. The van der Waals surface area contributed by atoms with Crippen LogP contribution in [0, 0.1) is 0 Å². The Balaban J connectivity index is 1.67. The standard InChI is InChI=1S/C18H21N5O/c1-3-7-15-10-17(22(2)21-15)18(24)20-16-11-19-23(13-16)12-14-8-5-4-6-9-14/h4-6,8-11,13H,3,7,12H2,1-2H3,(H,20,24). The summed E-state index contributed by atoms with van der Waals surface area (Å²) in [5, 5.41) is 11.5. The van der Waals surface area contributed by atoms with Gasteiger partial charge in [0.05, 0.1) is 24.1 Å². The Hall–Kier alpha value is -2.89. The second-order valence-corrected chi connectivity index (χ2v) is 5.76. The quantitative estimate of drug-likeness (QED) is 0.758. The number of carbonyl (C=O) groups is 1. The molecule has 0 fully saturated rings. The summed E-state index contributed by atoms with van der Waals surface area (Å²) >= 11 is 0. The van der Waals surface area contributed by atoms with E-state index < -0.39 is 0 Å². The van der Waals surface area contributed by atoms with Gasteiger partial charge in [-0.25, -0.2) is 0 Å². The van der Waals surface area contributed by atoms with Crippen LogP contribution < -0.4 is 5.32 Å². The molecule has 0 aliphatic heterocycles. The Kier molecular flexibility index (Phi) is 4.74. The third-order valence-corrected chi connectivity index (χ3v) is 3.75. The molecule has 2 heterocycles. The Bertz CT molecular complexity index is 819. The summed E-state index contributed by atoms with van der Waals surface area (Å²) in [6.07, 6.45) is 5.36. The van der Waals surface area contributed by atoms with E-state index in [1.54, 1.807) is 22.6 Å². The molecule has 0 unspecified atom stereocenters. The summed E-state index contributed by atoms with van der Waals surface area (Å²) in [6.45, 7) is 2.76. The Morgan fingerprint density at radius 2 is 2.04 bits per heavy atom. The van der Waals surface area contributed by atoms with Crippen molar-refractivity contribution in [1.82, 2.24) is 19.6 Å². The maximum atomic E-state index is 12.4. The molecule has 0 atom stereocenters. The van der Waals surface area contributed by atoms with Crippen molar-refractivity contribution in [2.75, 3.05) is 5.32 Å². The van der Waals surface area contributed by atoms with E-state index in [0.717, 1.165) is 24.1 Å². The highest BCUT2D eigenvalue weighted by atomic mass is 16.2. The fraction of sp³-hybridized carbons (Fsp3) is 0.278. The lowest BCUT2D eigenvalue weighted by atomic mass is 10.2. The van der Waals surface area contributed by atoms with Crippen molar-refractivity contribution in [2.45, 2.75) is 26.3 Å². The minimum atomic E-state index is -0.174. The van der Waals surface area contributed by atoms with Crippen LogP contribution in [0.4, 0.5) is 5.69 Å². The molecule has 0 radical (unpaired) electrons. The fourth-order valence-electron chi connectivity index (χ4n) is 2.60. The average Bonchev–Trinajstić information content (AvgIpc) is 3.15. The van der Waals surface area contributed by atoms with Crippen molar-refractivity contribution in [3.05, 3.63) is 65.7 Å². The van der Waals surface area contributed by atoms with Gasteiger partial charge in [-0.1, -0.05) is 43.7 Å². The molecule has 24 heavy (non-hydrogen) atoms. The van der Waals surface area contributed by atoms with E-state index in [-0.39, 0.29) is 5.91 Å². The summed E-state index contributed by atoms with van der Waals surface area (Å²) in [5.41, 5.74) is 3.32. The van der Waals surface area contributed by atoms with Crippen LogP contribution in [0.1, 0.15) is 35.1 Å². The number of benzene rings is 1. The first-order valence-corrected chi connectivity index (χ1v) is 8.06. The van der Waals surface area contributed by atoms with Gasteiger partial charge in [0.2, 0.25) is 0 Å². The third kappa shape index (κ3) is 3.71. The van der Waals surface area contributed by atoms with Crippen molar-refractivity contribution in [3.8, 4) is 0 Å². The number of rotatable bonds is 6. The SMILES string of the molecule is CCCc1cc(C(=O)Nc2cnn(Cc3ccccc3)c2)n(C)n1. The first-order valence-electron chi connectivity index (χ1n) is 8.06. The van der Waals surface area contributed by atoms with E-state index in [9.17, 15) is 4.79 Å². The molecule has 3 aromatic rings. The van der Waals surface area contributed by atoms with Crippen LogP contribution in [0.25, 0.3) is 0 Å². The Labute approximate surface area is 141 Å². The molecule has 0 aliphatic carbocycles. The smallest absolute Gasteiger partial charge is 0.274 e. The molecular weight excluding hydrogens is 302 g/mol. The topological polar surface area (TPSA) is 64.7 Å². The Morgan fingerprint density at radius 3 is 2.79 bits per heavy atom. The summed E-state index contributed by atoms with van der Waals surface area (Å²) in [6, 6.07) is 11.9. The highest BCUT2D eigenvalue weighted by Gasteiger charge is 2.14. The number of carbonyl (C=O) groups excluding carboxylic acids is 1. The van der Waals surface area contributed by atoms with Crippen molar-refractivity contribution in [2.24, 2.45) is 7.05 Å². The van der Waals surface area contributed by atoms with Crippen LogP contribution in [0.3, 0.4) is 0 Å². The zero-order valence-electron chi connectivity index (χ0n) is 13.9. The second-order valence-electron chi connectivity index (χ2n) is 5.76.